The van der Waals surface area contributed by atoms with Gasteiger partial charge in [0.25, 0.3) is 0 Å². The predicted octanol–water partition coefficient (Wildman–Crippen LogP) is 2.35. The minimum absolute atomic E-state index is 0.00955. The summed E-state index contributed by atoms with van der Waals surface area (Å²) in [6.07, 6.45) is 3.57. The molecule has 0 aliphatic carbocycles. The first-order chi connectivity index (χ1) is 6.74. The second-order valence-corrected chi connectivity index (χ2v) is 3.13. The van der Waals surface area contributed by atoms with E-state index in [-0.39, 0.29) is 11.8 Å². The van der Waals surface area contributed by atoms with Crippen molar-refractivity contribution in [2.24, 2.45) is 0 Å². The monoisotopic (exact) mass is 209 g/mol. The molecular formula is C11H12ClNO. The van der Waals surface area contributed by atoms with Crippen molar-refractivity contribution in [1.29, 1.82) is 0 Å². The first-order valence-corrected chi connectivity index (χ1v) is 4.82. The Bertz CT molecular complexity index is 321. The zero-order valence-electron chi connectivity index (χ0n) is 7.98. The number of hydrogen-bond acceptors (Lipinski definition) is 1. The smallest absolute Gasteiger partial charge is 0.241 e. The topological polar surface area (TPSA) is 20.3 Å². The van der Waals surface area contributed by atoms with E-state index in [1.807, 2.05) is 36.4 Å². The first-order valence-electron chi connectivity index (χ1n) is 4.29. The van der Waals surface area contributed by atoms with Gasteiger partial charge in [0.2, 0.25) is 5.91 Å². The van der Waals surface area contributed by atoms with Gasteiger partial charge in [-0.15, -0.1) is 11.6 Å². The zero-order chi connectivity index (χ0) is 10.4. The van der Waals surface area contributed by atoms with E-state index in [1.54, 1.807) is 13.2 Å². The molecule has 0 saturated heterocycles. The molecule has 0 fully saturated rings. The number of nitrogens with zero attached hydrogens (tertiary/aromatic N) is 1. The molecular weight excluding hydrogens is 198 g/mol. The molecule has 1 amide bonds. The lowest BCUT2D eigenvalue weighted by Gasteiger charge is -2.08. The Labute approximate surface area is 88.8 Å². The van der Waals surface area contributed by atoms with Crippen LogP contribution in [0.2, 0.25) is 0 Å². The van der Waals surface area contributed by atoms with E-state index in [0.717, 1.165) is 5.56 Å². The molecule has 0 aliphatic heterocycles. The van der Waals surface area contributed by atoms with E-state index in [4.69, 9.17) is 11.6 Å². The van der Waals surface area contributed by atoms with Gasteiger partial charge in [-0.3, -0.25) is 4.79 Å². The summed E-state index contributed by atoms with van der Waals surface area (Å²) in [7, 11) is 1.68. The molecule has 1 aromatic carbocycles. The SMILES string of the molecule is CN(/C=C/c1ccccc1)C(=O)CCl. The fraction of sp³-hybridized carbons (Fsp3) is 0.182. The van der Waals surface area contributed by atoms with Crippen molar-refractivity contribution < 1.29 is 4.79 Å². The molecule has 1 rings (SSSR count). The van der Waals surface area contributed by atoms with Crippen molar-refractivity contribution in [1.82, 2.24) is 4.90 Å². The van der Waals surface area contributed by atoms with Crippen molar-refractivity contribution in [3.8, 4) is 0 Å². The summed E-state index contributed by atoms with van der Waals surface area (Å²) < 4.78 is 0. The number of amides is 1. The van der Waals surface area contributed by atoms with Gasteiger partial charge in [0, 0.05) is 13.2 Å². The van der Waals surface area contributed by atoms with Crippen molar-refractivity contribution in [2.45, 2.75) is 0 Å². The largest absolute Gasteiger partial charge is 0.321 e. The number of rotatable bonds is 3. The molecule has 2 nitrogen and oxygen atoms in total. The Hall–Kier alpha value is -1.28. The van der Waals surface area contributed by atoms with Crippen LogP contribution in [-0.4, -0.2) is 23.7 Å². The fourth-order valence-corrected chi connectivity index (χ4v) is 1.13. The summed E-state index contributed by atoms with van der Waals surface area (Å²) in [6.45, 7) is 0. The van der Waals surface area contributed by atoms with Gasteiger partial charge >= 0.3 is 0 Å². The zero-order valence-corrected chi connectivity index (χ0v) is 8.74. The Morgan fingerprint density at radius 3 is 2.64 bits per heavy atom. The molecule has 0 saturated carbocycles. The Morgan fingerprint density at radius 1 is 1.43 bits per heavy atom. The number of hydrogen-bond donors (Lipinski definition) is 0. The van der Waals surface area contributed by atoms with Crippen LogP contribution in [0.4, 0.5) is 0 Å². The molecule has 3 heteroatoms. The molecule has 1 aromatic rings. The fourth-order valence-electron chi connectivity index (χ4n) is 0.939. The lowest BCUT2D eigenvalue weighted by Crippen LogP contribution is -2.21. The van der Waals surface area contributed by atoms with E-state index in [0.29, 0.717) is 0 Å². The van der Waals surface area contributed by atoms with Gasteiger partial charge in [-0.1, -0.05) is 30.3 Å². The number of carbonyl (C=O) groups is 1. The highest BCUT2D eigenvalue weighted by Crippen LogP contribution is 2.02. The Morgan fingerprint density at radius 2 is 2.07 bits per heavy atom. The normalized spacial score (nSPS) is 10.4. The lowest BCUT2D eigenvalue weighted by molar-refractivity contribution is -0.124. The molecule has 14 heavy (non-hydrogen) atoms. The molecule has 0 N–H and O–H groups in total. The van der Waals surface area contributed by atoms with Gasteiger partial charge in [0.1, 0.15) is 5.88 Å². The summed E-state index contributed by atoms with van der Waals surface area (Å²) in [5, 5.41) is 0. The summed E-state index contributed by atoms with van der Waals surface area (Å²) in [4.78, 5) is 12.5. The van der Waals surface area contributed by atoms with E-state index in [1.165, 1.54) is 4.90 Å². The molecule has 74 valence electrons. The summed E-state index contributed by atoms with van der Waals surface area (Å²) >= 11 is 5.40. The summed E-state index contributed by atoms with van der Waals surface area (Å²) in [5.74, 6) is -0.103. The number of alkyl halides is 1. The highest BCUT2D eigenvalue weighted by Gasteiger charge is 2.01. The minimum Gasteiger partial charge on any atom is -0.321 e. The molecule has 0 spiro atoms. The summed E-state index contributed by atoms with van der Waals surface area (Å²) in [6, 6.07) is 9.78. The molecule has 0 radical (unpaired) electrons. The average Bonchev–Trinajstić information content (AvgIpc) is 2.26. The van der Waals surface area contributed by atoms with Gasteiger partial charge < -0.3 is 4.90 Å². The average molecular weight is 210 g/mol. The lowest BCUT2D eigenvalue weighted by atomic mass is 10.2. The van der Waals surface area contributed by atoms with Crippen molar-refractivity contribution >= 4 is 23.6 Å². The quantitative estimate of drug-likeness (QED) is 0.700. The van der Waals surface area contributed by atoms with Crippen LogP contribution in [0.5, 0.6) is 0 Å². The maximum atomic E-state index is 11.1. The third kappa shape index (κ3) is 3.23. The van der Waals surface area contributed by atoms with Crippen LogP contribution in [0.25, 0.3) is 6.08 Å². The van der Waals surface area contributed by atoms with Crippen molar-refractivity contribution in [2.75, 3.05) is 12.9 Å². The molecule has 0 aromatic heterocycles. The van der Waals surface area contributed by atoms with Crippen LogP contribution in [0, 0.1) is 0 Å². The second-order valence-electron chi connectivity index (χ2n) is 2.86. The first kappa shape index (κ1) is 10.8. The highest BCUT2D eigenvalue weighted by molar-refractivity contribution is 6.27. The molecule has 0 heterocycles. The van der Waals surface area contributed by atoms with E-state index >= 15 is 0 Å². The number of benzene rings is 1. The van der Waals surface area contributed by atoms with Gasteiger partial charge in [-0.2, -0.15) is 0 Å². The van der Waals surface area contributed by atoms with E-state index in [2.05, 4.69) is 0 Å². The van der Waals surface area contributed by atoms with Crippen molar-refractivity contribution in [3.63, 3.8) is 0 Å². The number of halogens is 1. The third-order valence-corrected chi connectivity index (χ3v) is 2.03. The summed E-state index contributed by atoms with van der Waals surface area (Å²) in [5.41, 5.74) is 1.06. The standard InChI is InChI=1S/C11H12ClNO/c1-13(11(14)9-12)8-7-10-5-3-2-4-6-10/h2-8H,9H2,1H3/b8-7+. The van der Waals surface area contributed by atoms with Gasteiger partial charge in [0.05, 0.1) is 0 Å². The molecule has 0 bridgehead atoms. The third-order valence-electron chi connectivity index (χ3n) is 1.80. The van der Waals surface area contributed by atoms with Crippen LogP contribution < -0.4 is 0 Å². The van der Waals surface area contributed by atoms with Crippen LogP contribution in [0.15, 0.2) is 36.5 Å². The second kappa shape index (κ2) is 5.45. The molecule has 0 atom stereocenters. The minimum atomic E-state index is -0.112. The predicted molar refractivity (Wildman–Crippen MR) is 59.0 cm³/mol. The van der Waals surface area contributed by atoms with Gasteiger partial charge in [-0.25, -0.2) is 0 Å². The van der Waals surface area contributed by atoms with Crippen LogP contribution in [-0.2, 0) is 4.79 Å². The number of carbonyl (C=O) groups excluding carboxylic acids is 1. The van der Waals surface area contributed by atoms with Crippen molar-refractivity contribution in [3.05, 3.63) is 42.1 Å². The van der Waals surface area contributed by atoms with Crippen LogP contribution >= 0.6 is 11.6 Å². The van der Waals surface area contributed by atoms with Crippen LogP contribution in [0.1, 0.15) is 5.56 Å². The van der Waals surface area contributed by atoms with E-state index < -0.39 is 0 Å². The molecule has 0 aliphatic rings. The van der Waals surface area contributed by atoms with E-state index in [9.17, 15) is 4.79 Å². The Balaban J connectivity index is 2.60. The van der Waals surface area contributed by atoms with Crippen LogP contribution in [0.3, 0.4) is 0 Å². The van der Waals surface area contributed by atoms with Gasteiger partial charge in [-0.05, 0) is 11.6 Å². The maximum absolute atomic E-state index is 11.1. The van der Waals surface area contributed by atoms with Gasteiger partial charge in [0.15, 0.2) is 0 Å². The highest BCUT2D eigenvalue weighted by atomic mass is 35.5. The molecule has 0 unspecified atom stereocenters. The Kier molecular flexibility index (Phi) is 4.20. The maximum Gasteiger partial charge on any atom is 0.241 e.